The number of rotatable bonds is 4. The Morgan fingerprint density at radius 2 is 2.16 bits per heavy atom. The van der Waals surface area contributed by atoms with Crippen molar-refractivity contribution in [3.05, 3.63) is 29.8 Å². The number of halogens is 1. The summed E-state index contributed by atoms with van der Waals surface area (Å²) in [6.45, 7) is 4.54. The molecule has 0 aliphatic carbocycles. The SMILES string of the molecule is CC(C)(CN)C(=O)NCC1Cc2ccccc2O1.Cl. The average molecular weight is 285 g/mol. The highest BCUT2D eigenvalue weighted by atomic mass is 35.5. The molecular formula is C14H21ClN2O2. The Kier molecular flexibility index (Phi) is 5.20. The first kappa shape index (κ1) is 15.8. The van der Waals surface area contributed by atoms with E-state index >= 15 is 0 Å². The Labute approximate surface area is 120 Å². The van der Waals surface area contributed by atoms with Crippen LogP contribution in [0.4, 0.5) is 0 Å². The largest absolute Gasteiger partial charge is 0.488 e. The molecule has 1 unspecified atom stereocenters. The highest BCUT2D eigenvalue weighted by Crippen LogP contribution is 2.27. The summed E-state index contributed by atoms with van der Waals surface area (Å²) >= 11 is 0. The highest BCUT2D eigenvalue weighted by Gasteiger charge is 2.28. The fraction of sp³-hybridized carbons (Fsp3) is 0.500. The molecular weight excluding hydrogens is 264 g/mol. The molecule has 0 radical (unpaired) electrons. The number of hydrogen-bond acceptors (Lipinski definition) is 3. The quantitative estimate of drug-likeness (QED) is 0.881. The van der Waals surface area contributed by atoms with Crippen molar-refractivity contribution in [2.75, 3.05) is 13.1 Å². The normalized spacial score (nSPS) is 17.1. The monoisotopic (exact) mass is 284 g/mol. The molecule has 0 fully saturated rings. The molecule has 1 heterocycles. The lowest BCUT2D eigenvalue weighted by Crippen LogP contribution is -2.45. The Balaban J connectivity index is 0.00000180. The molecule has 4 nitrogen and oxygen atoms in total. The van der Waals surface area contributed by atoms with E-state index in [2.05, 4.69) is 11.4 Å². The minimum atomic E-state index is -0.522. The molecule has 0 saturated carbocycles. The number of nitrogens with one attached hydrogen (secondary N) is 1. The molecule has 3 N–H and O–H groups in total. The molecule has 2 rings (SSSR count). The lowest BCUT2D eigenvalue weighted by molar-refractivity contribution is -0.129. The first-order valence-corrected chi connectivity index (χ1v) is 6.26. The molecule has 0 bridgehead atoms. The van der Waals surface area contributed by atoms with Gasteiger partial charge >= 0.3 is 0 Å². The number of carbonyl (C=O) groups is 1. The van der Waals surface area contributed by atoms with Gasteiger partial charge in [0, 0.05) is 13.0 Å². The van der Waals surface area contributed by atoms with Crippen LogP contribution in [0.3, 0.4) is 0 Å². The van der Waals surface area contributed by atoms with Gasteiger partial charge in [0.05, 0.1) is 12.0 Å². The first-order chi connectivity index (χ1) is 8.53. The number of nitrogens with two attached hydrogens (primary N) is 1. The van der Waals surface area contributed by atoms with Crippen LogP contribution in [-0.2, 0) is 11.2 Å². The molecule has 1 aliphatic rings. The summed E-state index contributed by atoms with van der Waals surface area (Å²) in [6.07, 6.45) is 0.874. The van der Waals surface area contributed by atoms with E-state index < -0.39 is 5.41 Å². The number of amides is 1. The molecule has 1 amide bonds. The van der Waals surface area contributed by atoms with Crippen LogP contribution in [0.1, 0.15) is 19.4 Å². The zero-order valence-electron chi connectivity index (χ0n) is 11.3. The number of carbonyl (C=O) groups excluding carboxylic acids is 1. The number of para-hydroxylation sites is 1. The van der Waals surface area contributed by atoms with E-state index in [-0.39, 0.29) is 24.4 Å². The van der Waals surface area contributed by atoms with Crippen LogP contribution in [0.25, 0.3) is 0 Å². The second kappa shape index (κ2) is 6.26. The van der Waals surface area contributed by atoms with Crippen LogP contribution >= 0.6 is 12.4 Å². The van der Waals surface area contributed by atoms with Gasteiger partial charge in [-0.25, -0.2) is 0 Å². The van der Waals surface area contributed by atoms with E-state index in [1.807, 2.05) is 32.0 Å². The third-order valence-corrected chi connectivity index (χ3v) is 3.33. The molecule has 1 aromatic carbocycles. The van der Waals surface area contributed by atoms with Crippen LogP contribution in [0.5, 0.6) is 5.75 Å². The third kappa shape index (κ3) is 3.61. The van der Waals surface area contributed by atoms with Gasteiger partial charge in [-0.05, 0) is 25.5 Å². The van der Waals surface area contributed by atoms with Gasteiger partial charge in [-0.15, -0.1) is 12.4 Å². The van der Waals surface area contributed by atoms with Crippen molar-refractivity contribution in [2.24, 2.45) is 11.1 Å². The van der Waals surface area contributed by atoms with Crippen LogP contribution < -0.4 is 15.8 Å². The van der Waals surface area contributed by atoms with Crippen molar-refractivity contribution in [1.29, 1.82) is 0 Å². The van der Waals surface area contributed by atoms with Gasteiger partial charge in [-0.2, -0.15) is 0 Å². The maximum atomic E-state index is 11.9. The summed E-state index contributed by atoms with van der Waals surface area (Å²) in [5, 5.41) is 2.91. The average Bonchev–Trinajstić information content (AvgIpc) is 2.78. The molecule has 19 heavy (non-hydrogen) atoms. The zero-order valence-corrected chi connectivity index (χ0v) is 12.1. The van der Waals surface area contributed by atoms with Crippen molar-refractivity contribution in [3.8, 4) is 5.75 Å². The van der Waals surface area contributed by atoms with Crippen LogP contribution in [0.15, 0.2) is 24.3 Å². The van der Waals surface area contributed by atoms with E-state index in [4.69, 9.17) is 10.5 Å². The van der Waals surface area contributed by atoms with Crippen LogP contribution in [0, 0.1) is 5.41 Å². The van der Waals surface area contributed by atoms with Crippen molar-refractivity contribution in [1.82, 2.24) is 5.32 Å². The standard InChI is InChI=1S/C14H20N2O2.ClH/c1-14(2,9-15)13(17)16-8-11-7-10-5-3-4-6-12(10)18-11;/h3-6,11H,7-9,15H2,1-2H3,(H,16,17);1H. The number of benzene rings is 1. The fourth-order valence-electron chi connectivity index (χ4n) is 1.91. The predicted molar refractivity (Wildman–Crippen MR) is 77.7 cm³/mol. The van der Waals surface area contributed by atoms with Crippen LogP contribution in [-0.4, -0.2) is 25.1 Å². The minimum Gasteiger partial charge on any atom is -0.488 e. The summed E-state index contributed by atoms with van der Waals surface area (Å²) in [4.78, 5) is 11.9. The van der Waals surface area contributed by atoms with E-state index in [0.29, 0.717) is 13.1 Å². The topological polar surface area (TPSA) is 64.4 Å². The lowest BCUT2D eigenvalue weighted by atomic mass is 9.92. The van der Waals surface area contributed by atoms with Crippen molar-refractivity contribution in [3.63, 3.8) is 0 Å². The summed E-state index contributed by atoms with van der Waals surface area (Å²) in [5.41, 5.74) is 6.25. The second-order valence-electron chi connectivity index (χ2n) is 5.35. The Bertz CT molecular complexity index is 424. The Hall–Kier alpha value is -1.26. The van der Waals surface area contributed by atoms with E-state index in [1.165, 1.54) is 5.56 Å². The van der Waals surface area contributed by atoms with E-state index in [0.717, 1.165) is 12.2 Å². The van der Waals surface area contributed by atoms with Gasteiger partial charge in [0.25, 0.3) is 0 Å². The maximum absolute atomic E-state index is 11.9. The first-order valence-electron chi connectivity index (χ1n) is 6.26. The van der Waals surface area contributed by atoms with Crippen molar-refractivity contribution >= 4 is 18.3 Å². The molecule has 0 aromatic heterocycles. The van der Waals surface area contributed by atoms with Gasteiger partial charge in [0.1, 0.15) is 11.9 Å². The predicted octanol–water partition coefficient (Wildman–Crippen LogP) is 1.51. The molecule has 1 aliphatic heterocycles. The second-order valence-corrected chi connectivity index (χ2v) is 5.35. The van der Waals surface area contributed by atoms with Crippen molar-refractivity contribution < 1.29 is 9.53 Å². The van der Waals surface area contributed by atoms with E-state index in [9.17, 15) is 4.79 Å². The summed E-state index contributed by atoms with van der Waals surface area (Å²) in [5.74, 6) is 0.902. The van der Waals surface area contributed by atoms with Gasteiger partial charge < -0.3 is 15.8 Å². The summed E-state index contributed by atoms with van der Waals surface area (Å²) in [6, 6.07) is 7.97. The van der Waals surface area contributed by atoms with Crippen LogP contribution in [0.2, 0.25) is 0 Å². The Morgan fingerprint density at radius 1 is 1.47 bits per heavy atom. The number of ether oxygens (including phenoxy) is 1. The lowest BCUT2D eigenvalue weighted by Gasteiger charge is -2.22. The molecule has 0 saturated heterocycles. The molecule has 1 atom stereocenters. The highest BCUT2D eigenvalue weighted by molar-refractivity contribution is 5.85. The summed E-state index contributed by atoms with van der Waals surface area (Å²) in [7, 11) is 0. The van der Waals surface area contributed by atoms with Crippen molar-refractivity contribution in [2.45, 2.75) is 26.4 Å². The minimum absolute atomic E-state index is 0. The Morgan fingerprint density at radius 3 is 2.79 bits per heavy atom. The summed E-state index contributed by atoms with van der Waals surface area (Å²) < 4.78 is 5.76. The van der Waals surface area contributed by atoms with Gasteiger partial charge in [0.15, 0.2) is 0 Å². The van der Waals surface area contributed by atoms with E-state index in [1.54, 1.807) is 0 Å². The smallest absolute Gasteiger partial charge is 0.227 e. The van der Waals surface area contributed by atoms with Gasteiger partial charge in [-0.1, -0.05) is 18.2 Å². The molecule has 106 valence electrons. The third-order valence-electron chi connectivity index (χ3n) is 3.33. The fourth-order valence-corrected chi connectivity index (χ4v) is 1.91. The maximum Gasteiger partial charge on any atom is 0.227 e. The van der Waals surface area contributed by atoms with Gasteiger partial charge in [-0.3, -0.25) is 4.79 Å². The number of fused-ring (bicyclic) bond motifs is 1. The molecule has 5 heteroatoms. The molecule has 0 spiro atoms. The van der Waals surface area contributed by atoms with Gasteiger partial charge in [0.2, 0.25) is 5.91 Å². The zero-order chi connectivity index (χ0) is 13.2. The molecule has 1 aromatic rings. The number of hydrogen-bond donors (Lipinski definition) is 2.